The van der Waals surface area contributed by atoms with Gasteiger partial charge in [0.25, 0.3) is 0 Å². The molecule has 0 atom stereocenters. The van der Waals surface area contributed by atoms with Crippen molar-refractivity contribution in [1.29, 1.82) is 0 Å². The van der Waals surface area contributed by atoms with Crippen molar-refractivity contribution >= 4 is 5.78 Å². The predicted octanol–water partition coefficient (Wildman–Crippen LogP) is 1.35. The molecule has 1 aliphatic carbocycles. The number of hydrogen-bond acceptors (Lipinski definition) is 2. The second-order valence-electron chi connectivity index (χ2n) is 2.56. The fourth-order valence-corrected chi connectivity index (χ4v) is 1.35. The van der Waals surface area contributed by atoms with Crippen molar-refractivity contribution < 1.29 is 9.18 Å². The van der Waals surface area contributed by atoms with Crippen LogP contribution in [0.2, 0.25) is 0 Å². The van der Waals surface area contributed by atoms with Gasteiger partial charge in [0.15, 0.2) is 5.78 Å². The number of carbonyl (C=O) groups excluding carboxylic acids is 1. The van der Waals surface area contributed by atoms with Crippen LogP contribution in [-0.4, -0.2) is 10.8 Å². The van der Waals surface area contributed by atoms with Crippen LogP contribution in [0.4, 0.5) is 4.39 Å². The first-order valence-corrected chi connectivity index (χ1v) is 3.45. The third-order valence-corrected chi connectivity index (χ3v) is 1.89. The van der Waals surface area contributed by atoms with E-state index in [2.05, 4.69) is 4.98 Å². The lowest BCUT2D eigenvalue weighted by Gasteiger charge is -1.95. The number of nitrogens with zero attached hydrogens (tertiary/aromatic N) is 1. The number of rotatable bonds is 0. The number of aromatic nitrogens is 1. The lowest BCUT2D eigenvalue weighted by atomic mass is 10.2. The molecule has 1 aromatic rings. The average molecular weight is 151 g/mol. The number of hydrogen-bond donors (Lipinski definition) is 0. The lowest BCUT2D eigenvalue weighted by molar-refractivity contribution is 0.0990. The number of Topliss-reactive ketones (excluding diaryl/α,β-unsaturated/α-hetero) is 1. The molecular weight excluding hydrogens is 145 g/mol. The van der Waals surface area contributed by atoms with E-state index in [1.54, 1.807) is 6.07 Å². The first kappa shape index (κ1) is 6.46. The smallest absolute Gasteiger partial charge is 0.223 e. The molecule has 11 heavy (non-hydrogen) atoms. The minimum Gasteiger partial charge on any atom is -0.294 e. The maximum absolute atomic E-state index is 12.8. The van der Waals surface area contributed by atoms with Gasteiger partial charge in [0.2, 0.25) is 5.95 Å². The molecule has 2 rings (SSSR count). The zero-order chi connectivity index (χ0) is 7.84. The normalized spacial score (nSPS) is 15.2. The van der Waals surface area contributed by atoms with Gasteiger partial charge in [0.1, 0.15) is 0 Å². The van der Waals surface area contributed by atoms with E-state index in [-0.39, 0.29) is 11.3 Å². The van der Waals surface area contributed by atoms with Gasteiger partial charge in [-0.25, -0.2) is 4.98 Å². The quantitative estimate of drug-likeness (QED) is 0.524. The number of aryl methyl sites for hydroxylation is 1. The summed E-state index contributed by atoms with van der Waals surface area (Å²) >= 11 is 0. The van der Waals surface area contributed by atoms with Crippen molar-refractivity contribution in [2.45, 2.75) is 12.8 Å². The highest BCUT2D eigenvalue weighted by Crippen LogP contribution is 2.22. The van der Waals surface area contributed by atoms with Crippen molar-refractivity contribution in [2.24, 2.45) is 0 Å². The van der Waals surface area contributed by atoms with Gasteiger partial charge in [-0.05, 0) is 18.1 Å². The number of carbonyl (C=O) groups is 1. The van der Waals surface area contributed by atoms with E-state index < -0.39 is 5.95 Å². The fourth-order valence-electron chi connectivity index (χ4n) is 1.35. The summed E-state index contributed by atoms with van der Waals surface area (Å²) in [6.07, 6.45) is 2.48. The Kier molecular flexibility index (Phi) is 1.24. The maximum atomic E-state index is 12.8. The molecule has 1 heterocycles. The number of halogens is 1. The molecule has 1 aromatic heterocycles. The van der Waals surface area contributed by atoms with E-state index in [1.807, 2.05) is 0 Å². The van der Waals surface area contributed by atoms with E-state index in [0.29, 0.717) is 12.8 Å². The topological polar surface area (TPSA) is 30.0 Å². The molecule has 0 aromatic carbocycles. The van der Waals surface area contributed by atoms with Gasteiger partial charge in [-0.1, -0.05) is 0 Å². The second kappa shape index (κ2) is 2.12. The Morgan fingerprint density at radius 1 is 1.45 bits per heavy atom. The Hall–Kier alpha value is -1.25. The summed E-state index contributed by atoms with van der Waals surface area (Å²) in [5, 5.41) is 0. The van der Waals surface area contributed by atoms with E-state index in [0.717, 1.165) is 5.56 Å². The molecule has 0 spiro atoms. The molecule has 2 nitrogen and oxygen atoms in total. The molecule has 1 aliphatic rings. The second-order valence-corrected chi connectivity index (χ2v) is 2.56. The Morgan fingerprint density at radius 3 is 3.00 bits per heavy atom. The zero-order valence-corrected chi connectivity index (χ0v) is 5.80. The summed E-state index contributed by atoms with van der Waals surface area (Å²) < 4.78 is 12.8. The molecule has 0 bridgehead atoms. The summed E-state index contributed by atoms with van der Waals surface area (Å²) in [5.41, 5.74) is 0.995. The molecule has 0 unspecified atom stereocenters. The maximum Gasteiger partial charge on any atom is 0.223 e. The molecule has 0 aliphatic heterocycles. The van der Waals surface area contributed by atoms with Crippen LogP contribution in [0.5, 0.6) is 0 Å². The summed E-state index contributed by atoms with van der Waals surface area (Å²) in [5.74, 6) is -0.740. The van der Waals surface area contributed by atoms with Gasteiger partial charge < -0.3 is 0 Å². The van der Waals surface area contributed by atoms with Gasteiger partial charge in [-0.3, -0.25) is 4.79 Å². The largest absolute Gasteiger partial charge is 0.294 e. The van der Waals surface area contributed by atoms with Crippen LogP contribution >= 0.6 is 0 Å². The highest BCUT2D eigenvalue weighted by molar-refractivity contribution is 6.00. The minimum atomic E-state index is -0.620. The Morgan fingerprint density at radius 2 is 2.27 bits per heavy atom. The van der Waals surface area contributed by atoms with Gasteiger partial charge in [0.05, 0.1) is 5.56 Å². The van der Waals surface area contributed by atoms with Crippen LogP contribution in [0.15, 0.2) is 12.3 Å². The molecule has 3 heteroatoms. The van der Waals surface area contributed by atoms with Crippen molar-refractivity contribution in [1.82, 2.24) is 4.98 Å². The van der Waals surface area contributed by atoms with Gasteiger partial charge >= 0.3 is 0 Å². The molecule has 0 amide bonds. The third-order valence-electron chi connectivity index (χ3n) is 1.89. The summed E-state index contributed by atoms with van der Waals surface area (Å²) in [7, 11) is 0. The average Bonchev–Trinajstić information content (AvgIpc) is 2.34. The Bertz CT molecular complexity index is 322. The Balaban J connectivity index is 2.68. The van der Waals surface area contributed by atoms with Crippen LogP contribution in [-0.2, 0) is 6.42 Å². The van der Waals surface area contributed by atoms with E-state index >= 15 is 0 Å². The highest BCUT2D eigenvalue weighted by atomic mass is 19.1. The van der Waals surface area contributed by atoms with E-state index in [4.69, 9.17) is 0 Å². The monoisotopic (exact) mass is 151 g/mol. The zero-order valence-electron chi connectivity index (χ0n) is 5.80. The van der Waals surface area contributed by atoms with Crippen LogP contribution in [0.25, 0.3) is 0 Å². The van der Waals surface area contributed by atoms with Gasteiger partial charge in [-0.2, -0.15) is 4.39 Å². The van der Waals surface area contributed by atoms with Crippen molar-refractivity contribution in [2.75, 3.05) is 0 Å². The SMILES string of the molecule is O=C1CCc2ccnc(F)c21. The summed E-state index contributed by atoms with van der Waals surface area (Å²) in [6, 6.07) is 1.70. The number of ketones is 1. The molecule has 56 valence electrons. The number of fused-ring (bicyclic) bond motifs is 1. The lowest BCUT2D eigenvalue weighted by Crippen LogP contribution is -1.97. The molecule has 0 saturated carbocycles. The number of pyridine rings is 1. The van der Waals surface area contributed by atoms with E-state index in [1.165, 1.54) is 6.20 Å². The Labute approximate surface area is 63.1 Å². The van der Waals surface area contributed by atoms with Crippen molar-refractivity contribution in [3.63, 3.8) is 0 Å². The van der Waals surface area contributed by atoms with Crippen LogP contribution in [0, 0.1) is 5.95 Å². The first-order chi connectivity index (χ1) is 5.29. The van der Waals surface area contributed by atoms with Crippen molar-refractivity contribution in [3.8, 4) is 0 Å². The highest BCUT2D eigenvalue weighted by Gasteiger charge is 2.23. The van der Waals surface area contributed by atoms with Crippen molar-refractivity contribution in [3.05, 3.63) is 29.3 Å². The molecule has 0 saturated heterocycles. The van der Waals surface area contributed by atoms with Gasteiger partial charge in [-0.15, -0.1) is 0 Å². The fraction of sp³-hybridized carbons (Fsp3) is 0.250. The van der Waals surface area contributed by atoms with Crippen LogP contribution in [0.3, 0.4) is 0 Å². The standard InChI is InChI=1S/C8H6FNO/c9-8-7-5(3-4-10-8)1-2-6(7)11/h3-4H,1-2H2. The predicted molar refractivity (Wildman–Crippen MR) is 36.8 cm³/mol. The van der Waals surface area contributed by atoms with E-state index in [9.17, 15) is 9.18 Å². The van der Waals surface area contributed by atoms with Crippen LogP contribution < -0.4 is 0 Å². The van der Waals surface area contributed by atoms with Crippen LogP contribution in [0.1, 0.15) is 22.3 Å². The van der Waals surface area contributed by atoms with Gasteiger partial charge in [0, 0.05) is 12.6 Å². The summed E-state index contributed by atoms with van der Waals surface area (Å²) in [4.78, 5) is 14.4. The summed E-state index contributed by atoms with van der Waals surface area (Å²) in [6.45, 7) is 0. The minimum absolute atomic E-state index is 0.120. The first-order valence-electron chi connectivity index (χ1n) is 3.45. The molecular formula is C8H6FNO. The molecule has 0 N–H and O–H groups in total. The third kappa shape index (κ3) is 0.843. The molecule has 0 radical (unpaired) electrons. The molecule has 0 fully saturated rings.